The van der Waals surface area contributed by atoms with Crippen LogP contribution < -0.4 is 11.0 Å². The van der Waals surface area contributed by atoms with E-state index in [-0.39, 0.29) is 17.8 Å². The highest BCUT2D eigenvalue weighted by Crippen LogP contribution is 2.11. The second kappa shape index (κ2) is 3.57. The Morgan fingerprint density at radius 2 is 2.43 bits per heavy atom. The van der Waals surface area contributed by atoms with Crippen LogP contribution in [0.3, 0.4) is 0 Å². The van der Waals surface area contributed by atoms with Crippen LogP contribution in [0.15, 0.2) is 11.1 Å². The molecule has 0 aromatic carbocycles. The van der Waals surface area contributed by atoms with Crippen molar-refractivity contribution in [2.75, 3.05) is 13.1 Å². The van der Waals surface area contributed by atoms with Crippen LogP contribution >= 0.6 is 0 Å². The molecule has 1 saturated heterocycles. The van der Waals surface area contributed by atoms with Gasteiger partial charge in [0.05, 0.1) is 12.1 Å². The molecule has 1 atom stereocenters. The summed E-state index contributed by atoms with van der Waals surface area (Å²) in [6, 6.07) is 0.424. The summed E-state index contributed by atoms with van der Waals surface area (Å²) in [5.74, 6) is 0. The van der Waals surface area contributed by atoms with Gasteiger partial charge in [-0.05, 0) is 26.8 Å². The van der Waals surface area contributed by atoms with E-state index in [1.165, 1.54) is 4.68 Å². The molecular formula is C9H16N4O. The maximum Gasteiger partial charge on any atom is 0.346 e. The SMILES string of the molecule is CC(C)n1ncn([C@H]2CCNC2)c1=O. The zero-order valence-electron chi connectivity index (χ0n) is 8.60. The van der Waals surface area contributed by atoms with E-state index in [9.17, 15) is 4.79 Å². The highest BCUT2D eigenvalue weighted by molar-refractivity contribution is 4.82. The fourth-order valence-electron chi connectivity index (χ4n) is 1.81. The molecule has 1 aromatic rings. The van der Waals surface area contributed by atoms with Crippen molar-refractivity contribution in [2.45, 2.75) is 32.4 Å². The van der Waals surface area contributed by atoms with E-state index >= 15 is 0 Å². The Bertz CT molecular complexity index is 359. The maximum absolute atomic E-state index is 11.8. The van der Waals surface area contributed by atoms with Crippen molar-refractivity contribution in [3.05, 3.63) is 16.8 Å². The lowest BCUT2D eigenvalue weighted by Crippen LogP contribution is -2.29. The first-order valence-corrected chi connectivity index (χ1v) is 5.06. The molecule has 1 aliphatic rings. The smallest absolute Gasteiger partial charge is 0.315 e. The molecule has 1 fully saturated rings. The molecular weight excluding hydrogens is 180 g/mol. The Labute approximate surface area is 82.7 Å². The summed E-state index contributed by atoms with van der Waals surface area (Å²) in [4.78, 5) is 11.8. The van der Waals surface area contributed by atoms with Crippen molar-refractivity contribution in [3.8, 4) is 0 Å². The quantitative estimate of drug-likeness (QED) is 0.733. The van der Waals surface area contributed by atoms with E-state index in [0.717, 1.165) is 19.5 Å². The lowest BCUT2D eigenvalue weighted by molar-refractivity contribution is 0.479. The van der Waals surface area contributed by atoms with Gasteiger partial charge in [0.1, 0.15) is 6.33 Å². The Hall–Kier alpha value is -1.10. The van der Waals surface area contributed by atoms with E-state index in [0.29, 0.717) is 0 Å². The summed E-state index contributed by atoms with van der Waals surface area (Å²) in [7, 11) is 0. The zero-order valence-corrected chi connectivity index (χ0v) is 8.60. The van der Waals surface area contributed by atoms with E-state index in [2.05, 4.69) is 10.4 Å². The Morgan fingerprint density at radius 1 is 1.64 bits per heavy atom. The first kappa shape index (κ1) is 9.45. The van der Waals surface area contributed by atoms with Crippen molar-refractivity contribution in [1.82, 2.24) is 19.7 Å². The van der Waals surface area contributed by atoms with E-state index in [1.807, 2.05) is 13.8 Å². The van der Waals surface area contributed by atoms with Gasteiger partial charge in [-0.2, -0.15) is 5.10 Å². The minimum atomic E-state index is 0.00806. The molecule has 0 bridgehead atoms. The lowest BCUT2D eigenvalue weighted by Gasteiger charge is -2.07. The van der Waals surface area contributed by atoms with Gasteiger partial charge in [-0.1, -0.05) is 0 Å². The molecule has 0 aliphatic carbocycles. The van der Waals surface area contributed by atoms with Gasteiger partial charge in [0, 0.05) is 6.54 Å². The van der Waals surface area contributed by atoms with E-state index in [1.54, 1.807) is 10.9 Å². The normalized spacial score (nSPS) is 22.1. The van der Waals surface area contributed by atoms with Crippen LogP contribution in [0, 0.1) is 0 Å². The van der Waals surface area contributed by atoms with Gasteiger partial charge in [-0.15, -0.1) is 0 Å². The molecule has 0 spiro atoms. The maximum atomic E-state index is 11.8. The van der Waals surface area contributed by atoms with Crippen LogP contribution in [0.1, 0.15) is 32.4 Å². The van der Waals surface area contributed by atoms with Crippen molar-refractivity contribution in [1.29, 1.82) is 0 Å². The molecule has 0 saturated carbocycles. The van der Waals surface area contributed by atoms with Gasteiger partial charge in [-0.25, -0.2) is 9.48 Å². The van der Waals surface area contributed by atoms with Gasteiger partial charge < -0.3 is 5.32 Å². The molecule has 0 amide bonds. The molecule has 5 nitrogen and oxygen atoms in total. The zero-order chi connectivity index (χ0) is 10.1. The van der Waals surface area contributed by atoms with Crippen LogP contribution in [0.25, 0.3) is 0 Å². The number of nitrogens with one attached hydrogen (secondary N) is 1. The Balaban J connectivity index is 2.31. The topological polar surface area (TPSA) is 51.9 Å². The number of aromatic nitrogens is 3. The predicted molar refractivity (Wildman–Crippen MR) is 53.4 cm³/mol. The van der Waals surface area contributed by atoms with Crippen molar-refractivity contribution in [3.63, 3.8) is 0 Å². The fraction of sp³-hybridized carbons (Fsp3) is 0.778. The van der Waals surface area contributed by atoms with Gasteiger partial charge in [-0.3, -0.25) is 4.57 Å². The third-order valence-corrected chi connectivity index (χ3v) is 2.63. The van der Waals surface area contributed by atoms with Gasteiger partial charge >= 0.3 is 5.69 Å². The monoisotopic (exact) mass is 196 g/mol. The minimum Gasteiger partial charge on any atom is -0.315 e. The molecule has 0 radical (unpaired) electrons. The molecule has 1 aliphatic heterocycles. The molecule has 1 N–H and O–H groups in total. The first-order valence-electron chi connectivity index (χ1n) is 5.06. The Kier molecular flexibility index (Phi) is 2.41. The standard InChI is InChI=1S/C9H16N4O/c1-7(2)13-9(14)12(6-11-13)8-3-4-10-5-8/h6-8,10H,3-5H2,1-2H3/t8-/m0/s1. The van der Waals surface area contributed by atoms with Gasteiger partial charge in [0.25, 0.3) is 0 Å². The van der Waals surface area contributed by atoms with Crippen LogP contribution in [-0.4, -0.2) is 27.4 Å². The number of hydrogen-bond donors (Lipinski definition) is 1. The second-order valence-electron chi connectivity index (χ2n) is 4.01. The highest BCUT2D eigenvalue weighted by atomic mass is 16.2. The van der Waals surface area contributed by atoms with E-state index in [4.69, 9.17) is 0 Å². The van der Waals surface area contributed by atoms with Crippen LogP contribution in [0.4, 0.5) is 0 Å². The van der Waals surface area contributed by atoms with Crippen LogP contribution in [0.2, 0.25) is 0 Å². The van der Waals surface area contributed by atoms with Crippen LogP contribution in [0.5, 0.6) is 0 Å². The van der Waals surface area contributed by atoms with Crippen molar-refractivity contribution >= 4 is 0 Å². The van der Waals surface area contributed by atoms with E-state index < -0.39 is 0 Å². The average molecular weight is 196 g/mol. The third-order valence-electron chi connectivity index (χ3n) is 2.63. The summed E-state index contributed by atoms with van der Waals surface area (Å²) < 4.78 is 3.26. The lowest BCUT2D eigenvalue weighted by atomic mass is 10.3. The molecule has 14 heavy (non-hydrogen) atoms. The third kappa shape index (κ3) is 1.48. The molecule has 2 heterocycles. The summed E-state index contributed by atoms with van der Waals surface area (Å²) in [6.07, 6.45) is 2.67. The highest BCUT2D eigenvalue weighted by Gasteiger charge is 2.19. The summed E-state index contributed by atoms with van der Waals surface area (Å²) in [5.41, 5.74) is 0.00806. The molecule has 78 valence electrons. The number of rotatable bonds is 2. The number of hydrogen-bond acceptors (Lipinski definition) is 3. The number of nitrogens with zero attached hydrogens (tertiary/aromatic N) is 3. The second-order valence-corrected chi connectivity index (χ2v) is 4.01. The molecule has 0 unspecified atom stereocenters. The van der Waals surface area contributed by atoms with Crippen LogP contribution in [-0.2, 0) is 0 Å². The molecule has 1 aromatic heterocycles. The first-order chi connectivity index (χ1) is 6.70. The largest absolute Gasteiger partial charge is 0.346 e. The van der Waals surface area contributed by atoms with Gasteiger partial charge in [0.2, 0.25) is 0 Å². The summed E-state index contributed by atoms with van der Waals surface area (Å²) in [6.45, 7) is 5.80. The van der Waals surface area contributed by atoms with Gasteiger partial charge in [0.15, 0.2) is 0 Å². The average Bonchev–Trinajstić information content (AvgIpc) is 2.71. The molecule has 5 heteroatoms. The summed E-state index contributed by atoms with van der Waals surface area (Å²) in [5, 5.41) is 7.34. The minimum absolute atomic E-state index is 0.00806. The Morgan fingerprint density at radius 3 is 2.93 bits per heavy atom. The van der Waals surface area contributed by atoms with Crippen molar-refractivity contribution in [2.24, 2.45) is 0 Å². The van der Waals surface area contributed by atoms with Crippen molar-refractivity contribution < 1.29 is 0 Å². The molecule has 2 rings (SSSR count). The predicted octanol–water partition coefficient (Wildman–Crippen LogP) is 0.160. The fourth-order valence-corrected chi connectivity index (χ4v) is 1.81. The summed E-state index contributed by atoms with van der Waals surface area (Å²) >= 11 is 0.